The lowest BCUT2D eigenvalue weighted by Gasteiger charge is -2.12. The summed E-state index contributed by atoms with van der Waals surface area (Å²) in [4.78, 5) is 8.14. The number of halogens is 1. The number of ether oxygens (including phenoxy) is 1. The first-order chi connectivity index (χ1) is 9.71. The van der Waals surface area contributed by atoms with Crippen LogP contribution in [0.15, 0.2) is 24.5 Å². The molecule has 0 saturated heterocycles. The number of nitrogens with one attached hydrogen (secondary N) is 1. The van der Waals surface area contributed by atoms with E-state index in [0.29, 0.717) is 18.1 Å². The lowest BCUT2D eigenvalue weighted by molar-refractivity contribution is 0.449. The molecule has 6 heteroatoms. The maximum atomic E-state index is 13.5. The van der Waals surface area contributed by atoms with E-state index in [1.54, 1.807) is 13.1 Å². The Bertz CT molecular complexity index is 667. The Morgan fingerprint density at radius 2 is 2.20 bits per heavy atom. The molecule has 0 amide bonds. The maximum absolute atomic E-state index is 13.5. The van der Waals surface area contributed by atoms with Gasteiger partial charge in [-0.2, -0.15) is 5.26 Å². The topological polar surface area (TPSA) is 70.8 Å². The summed E-state index contributed by atoms with van der Waals surface area (Å²) in [7, 11) is 1.74. The first-order valence-electron chi connectivity index (χ1n) is 6.09. The summed E-state index contributed by atoms with van der Waals surface area (Å²) in [5.41, 5.74) is 0.627. The highest BCUT2D eigenvalue weighted by Gasteiger charge is 2.14. The van der Waals surface area contributed by atoms with Crippen molar-refractivity contribution in [2.45, 2.75) is 13.3 Å². The molecule has 1 heterocycles. The highest BCUT2D eigenvalue weighted by atomic mass is 19.1. The molecule has 0 saturated carbocycles. The molecule has 0 unspecified atom stereocenters. The van der Waals surface area contributed by atoms with Gasteiger partial charge in [0.2, 0.25) is 5.88 Å². The quantitative estimate of drug-likeness (QED) is 0.926. The van der Waals surface area contributed by atoms with Crippen molar-refractivity contribution in [1.82, 2.24) is 9.97 Å². The van der Waals surface area contributed by atoms with Crippen LogP contribution in [0.25, 0.3) is 0 Å². The molecule has 1 aromatic carbocycles. The third kappa shape index (κ3) is 2.52. The molecule has 0 bridgehead atoms. The number of hydrogen-bond acceptors (Lipinski definition) is 5. The van der Waals surface area contributed by atoms with E-state index >= 15 is 0 Å². The predicted octanol–water partition coefficient (Wildman–Crippen LogP) is 2.88. The first-order valence-corrected chi connectivity index (χ1v) is 6.09. The van der Waals surface area contributed by atoms with Gasteiger partial charge in [-0.15, -0.1) is 0 Å². The van der Waals surface area contributed by atoms with Crippen LogP contribution in [0.1, 0.15) is 18.1 Å². The average molecular weight is 272 g/mol. The van der Waals surface area contributed by atoms with Gasteiger partial charge < -0.3 is 10.1 Å². The molecule has 2 aromatic rings. The summed E-state index contributed by atoms with van der Waals surface area (Å²) in [5, 5.41) is 11.9. The number of benzene rings is 1. The Balaban J connectivity index is 2.46. The zero-order valence-corrected chi connectivity index (χ0v) is 11.1. The van der Waals surface area contributed by atoms with Crippen LogP contribution in [0.4, 0.5) is 10.2 Å². The Hall–Kier alpha value is -2.68. The van der Waals surface area contributed by atoms with E-state index in [1.807, 2.05) is 6.92 Å². The van der Waals surface area contributed by atoms with E-state index in [9.17, 15) is 4.39 Å². The van der Waals surface area contributed by atoms with Gasteiger partial charge in [-0.3, -0.25) is 0 Å². The average Bonchev–Trinajstić information content (AvgIpc) is 2.47. The second kappa shape index (κ2) is 5.97. The van der Waals surface area contributed by atoms with E-state index < -0.39 is 5.82 Å². The molecule has 0 aliphatic rings. The summed E-state index contributed by atoms with van der Waals surface area (Å²) in [6, 6.07) is 6.02. The van der Waals surface area contributed by atoms with Gasteiger partial charge in [-0.1, -0.05) is 13.0 Å². The van der Waals surface area contributed by atoms with Crippen molar-refractivity contribution in [2.75, 3.05) is 12.4 Å². The Kier molecular flexibility index (Phi) is 4.11. The zero-order valence-electron chi connectivity index (χ0n) is 11.1. The van der Waals surface area contributed by atoms with Crippen LogP contribution in [-0.4, -0.2) is 17.0 Å². The fourth-order valence-electron chi connectivity index (χ4n) is 1.82. The standard InChI is InChI=1S/C14H13FN4O/c1-3-9-13(17-2)18-8-19-14(9)20-12-6-4-5-11(15)10(12)7-16/h4-6,8H,3H2,1-2H3,(H,17,18,19). The van der Waals surface area contributed by atoms with E-state index in [4.69, 9.17) is 10.00 Å². The third-order valence-electron chi connectivity index (χ3n) is 2.79. The maximum Gasteiger partial charge on any atom is 0.227 e. The Morgan fingerprint density at radius 1 is 1.40 bits per heavy atom. The molecule has 0 spiro atoms. The molecule has 102 valence electrons. The molecule has 0 fully saturated rings. The van der Waals surface area contributed by atoms with E-state index in [0.717, 1.165) is 5.56 Å². The molecule has 5 nitrogen and oxygen atoms in total. The predicted molar refractivity (Wildman–Crippen MR) is 72.1 cm³/mol. The van der Waals surface area contributed by atoms with Crippen molar-refractivity contribution in [2.24, 2.45) is 0 Å². The smallest absolute Gasteiger partial charge is 0.227 e. The molecule has 20 heavy (non-hydrogen) atoms. The molecular formula is C14H13FN4O. The van der Waals surface area contributed by atoms with E-state index in [-0.39, 0.29) is 11.3 Å². The molecule has 2 rings (SSSR count). The molecular weight excluding hydrogens is 259 g/mol. The molecule has 0 atom stereocenters. The van der Waals surface area contributed by atoms with Crippen LogP contribution >= 0.6 is 0 Å². The van der Waals surface area contributed by atoms with Crippen molar-refractivity contribution >= 4 is 5.82 Å². The lowest BCUT2D eigenvalue weighted by atomic mass is 10.2. The fourth-order valence-corrected chi connectivity index (χ4v) is 1.82. The van der Waals surface area contributed by atoms with Crippen LogP contribution in [0.5, 0.6) is 11.6 Å². The summed E-state index contributed by atoms with van der Waals surface area (Å²) in [6.45, 7) is 1.93. The van der Waals surface area contributed by atoms with Crippen LogP contribution in [0.2, 0.25) is 0 Å². The summed E-state index contributed by atoms with van der Waals surface area (Å²) in [5.74, 6) is 0.482. The van der Waals surface area contributed by atoms with Gasteiger partial charge in [0.15, 0.2) is 0 Å². The molecule has 0 aliphatic heterocycles. The second-order valence-electron chi connectivity index (χ2n) is 3.94. The van der Waals surface area contributed by atoms with Gasteiger partial charge in [-0.05, 0) is 18.6 Å². The first kappa shape index (κ1) is 13.7. The SMILES string of the molecule is CCc1c(NC)ncnc1Oc1cccc(F)c1C#N. The van der Waals surface area contributed by atoms with Crippen molar-refractivity contribution in [1.29, 1.82) is 5.26 Å². The summed E-state index contributed by atoms with van der Waals surface area (Å²) in [6.07, 6.45) is 2.00. The number of nitrogens with zero attached hydrogens (tertiary/aromatic N) is 3. The molecule has 1 N–H and O–H groups in total. The second-order valence-corrected chi connectivity index (χ2v) is 3.94. The molecule has 0 aliphatic carbocycles. The number of anilines is 1. The van der Waals surface area contributed by atoms with Gasteiger partial charge in [0.05, 0.1) is 5.56 Å². The Labute approximate surface area is 116 Å². The van der Waals surface area contributed by atoms with Gasteiger partial charge in [0.25, 0.3) is 0 Å². The van der Waals surface area contributed by atoms with Crippen LogP contribution < -0.4 is 10.1 Å². The van der Waals surface area contributed by atoms with Gasteiger partial charge in [0, 0.05) is 7.05 Å². The Morgan fingerprint density at radius 3 is 2.85 bits per heavy atom. The minimum atomic E-state index is -0.619. The highest BCUT2D eigenvalue weighted by Crippen LogP contribution is 2.30. The van der Waals surface area contributed by atoms with Crippen molar-refractivity contribution < 1.29 is 9.13 Å². The van der Waals surface area contributed by atoms with Crippen molar-refractivity contribution in [3.8, 4) is 17.7 Å². The van der Waals surface area contributed by atoms with Crippen molar-refractivity contribution in [3.05, 3.63) is 41.5 Å². The largest absolute Gasteiger partial charge is 0.437 e. The highest BCUT2D eigenvalue weighted by molar-refractivity contribution is 5.51. The number of rotatable bonds is 4. The fraction of sp³-hybridized carbons (Fsp3) is 0.214. The molecule has 0 radical (unpaired) electrons. The third-order valence-corrected chi connectivity index (χ3v) is 2.79. The van der Waals surface area contributed by atoms with Gasteiger partial charge in [0.1, 0.15) is 35.3 Å². The van der Waals surface area contributed by atoms with Gasteiger partial charge in [-0.25, -0.2) is 14.4 Å². The van der Waals surface area contributed by atoms with Crippen LogP contribution in [0.3, 0.4) is 0 Å². The number of hydrogen-bond donors (Lipinski definition) is 1. The van der Waals surface area contributed by atoms with Crippen molar-refractivity contribution in [3.63, 3.8) is 0 Å². The molecule has 1 aromatic heterocycles. The van der Waals surface area contributed by atoms with E-state index in [1.165, 1.54) is 24.5 Å². The number of aromatic nitrogens is 2. The van der Waals surface area contributed by atoms with E-state index in [2.05, 4.69) is 15.3 Å². The minimum absolute atomic E-state index is 0.140. The minimum Gasteiger partial charge on any atom is -0.437 e. The van der Waals surface area contributed by atoms with Crippen LogP contribution in [0, 0.1) is 17.1 Å². The summed E-state index contributed by atoms with van der Waals surface area (Å²) < 4.78 is 19.1. The lowest BCUT2D eigenvalue weighted by Crippen LogP contribution is -2.03. The van der Waals surface area contributed by atoms with Gasteiger partial charge >= 0.3 is 0 Å². The summed E-state index contributed by atoms with van der Waals surface area (Å²) >= 11 is 0. The zero-order chi connectivity index (χ0) is 14.5. The monoisotopic (exact) mass is 272 g/mol. The number of nitriles is 1. The normalized spacial score (nSPS) is 9.90. The van der Waals surface area contributed by atoms with Crippen LogP contribution in [-0.2, 0) is 6.42 Å².